The van der Waals surface area contributed by atoms with Crippen LogP contribution in [0.4, 0.5) is 11.4 Å². The van der Waals surface area contributed by atoms with E-state index in [4.69, 9.17) is 23.2 Å². The van der Waals surface area contributed by atoms with Crippen molar-refractivity contribution >= 4 is 53.1 Å². The molecular weight excluding hydrogens is 517 g/mol. The zero-order valence-electron chi connectivity index (χ0n) is 20.6. The summed E-state index contributed by atoms with van der Waals surface area (Å²) in [4.78, 5) is 31.5. The van der Waals surface area contributed by atoms with Crippen molar-refractivity contribution in [2.45, 2.75) is 19.5 Å². The van der Waals surface area contributed by atoms with E-state index in [0.29, 0.717) is 27.8 Å². The quantitative estimate of drug-likeness (QED) is 0.241. The van der Waals surface area contributed by atoms with Crippen LogP contribution in [-0.2, 0) is 11.3 Å². The van der Waals surface area contributed by atoms with Crippen LogP contribution in [0.25, 0.3) is 11.1 Å². The monoisotopic (exact) mass is 541 g/mol. The van der Waals surface area contributed by atoms with Gasteiger partial charge in [-0.2, -0.15) is 0 Å². The number of aldehydes is 1. The molecule has 0 aromatic heterocycles. The Morgan fingerprint density at radius 3 is 2.50 bits per heavy atom. The molecule has 0 unspecified atom stereocenters. The number of rotatable bonds is 7. The van der Waals surface area contributed by atoms with Crippen LogP contribution in [-0.4, -0.2) is 23.4 Å². The van der Waals surface area contributed by atoms with Crippen LogP contribution in [0.15, 0.2) is 96.0 Å². The van der Waals surface area contributed by atoms with E-state index in [1.165, 1.54) is 0 Å². The number of halogens is 2. The molecule has 0 saturated heterocycles. The topological polar surface area (TPSA) is 61.8 Å². The second kappa shape index (κ2) is 11.2. The smallest absolute Gasteiger partial charge is 0.257 e. The van der Waals surface area contributed by atoms with E-state index in [0.717, 1.165) is 34.2 Å². The van der Waals surface area contributed by atoms with E-state index in [9.17, 15) is 9.59 Å². The number of fused-ring (bicyclic) bond motifs is 1. The maximum absolute atomic E-state index is 12.8. The number of amides is 1. The number of hydrogen-bond donors (Lipinski definition) is 1. The van der Waals surface area contributed by atoms with Crippen LogP contribution in [0, 0.1) is 5.92 Å². The summed E-state index contributed by atoms with van der Waals surface area (Å²) in [5, 5.41) is 4.00. The summed E-state index contributed by atoms with van der Waals surface area (Å²) < 4.78 is 0. The number of hydrogen-bond acceptors (Lipinski definition) is 4. The molecule has 1 N–H and O–H groups in total. The van der Waals surface area contributed by atoms with Crippen LogP contribution < -0.4 is 5.32 Å². The Hall–Kier alpha value is -3.93. The molecule has 1 aliphatic rings. The second-order valence-electron chi connectivity index (χ2n) is 9.27. The van der Waals surface area contributed by atoms with Crippen molar-refractivity contribution in [2.75, 3.05) is 5.32 Å². The lowest BCUT2D eigenvalue weighted by atomic mass is 9.91. The van der Waals surface area contributed by atoms with Gasteiger partial charge in [-0.3, -0.25) is 4.79 Å². The zero-order chi connectivity index (χ0) is 26.6. The Kier molecular flexibility index (Phi) is 7.59. The molecule has 0 bridgehead atoms. The predicted octanol–water partition coefficient (Wildman–Crippen LogP) is 7.96. The van der Waals surface area contributed by atoms with Gasteiger partial charge in [0.25, 0.3) is 5.91 Å². The number of nitrogens with one attached hydrogen (secondary N) is 1. The minimum absolute atomic E-state index is 0.246. The number of benzene rings is 4. The van der Waals surface area contributed by atoms with Gasteiger partial charge < -0.3 is 15.0 Å². The molecule has 1 aliphatic heterocycles. The highest BCUT2D eigenvalue weighted by Gasteiger charge is 2.30. The van der Waals surface area contributed by atoms with Crippen LogP contribution in [0.2, 0.25) is 10.0 Å². The summed E-state index contributed by atoms with van der Waals surface area (Å²) in [7, 11) is 0. The maximum atomic E-state index is 12.8. The SMILES string of the molecule is C[C@H](C=O)[C@@H]1c2cc(NC(=O)c3ccccc3Cl)ccc2N=CN1Cc1ccc(-c2cccc(Cl)c2)cc1. The summed E-state index contributed by atoms with van der Waals surface area (Å²) >= 11 is 12.4. The molecule has 0 radical (unpaired) electrons. The molecule has 4 aromatic carbocycles. The number of nitrogens with zero attached hydrogens (tertiary/aromatic N) is 2. The van der Waals surface area contributed by atoms with Gasteiger partial charge in [0, 0.05) is 28.7 Å². The Labute approximate surface area is 231 Å². The van der Waals surface area contributed by atoms with E-state index in [1.54, 1.807) is 36.7 Å². The first-order chi connectivity index (χ1) is 18.4. The third-order valence-electron chi connectivity index (χ3n) is 6.61. The van der Waals surface area contributed by atoms with Gasteiger partial charge in [-0.25, -0.2) is 4.99 Å². The van der Waals surface area contributed by atoms with Crippen LogP contribution in [0.3, 0.4) is 0 Å². The van der Waals surface area contributed by atoms with Crippen LogP contribution in [0.1, 0.15) is 34.5 Å². The summed E-state index contributed by atoms with van der Waals surface area (Å²) in [5.74, 6) is -0.604. The lowest BCUT2D eigenvalue weighted by Crippen LogP contribution is -2.34. The number of aliphatic imine (C=N–C) groups is 1. The van der Waals surface area contributed by atoms with E-state index in [1.807, 2.05) is 43.3 Å². The highest BCUT2D eigenvalue weighted by atomic mass is 35.5. The highest BCUT2D eigenvalue weighted by molar-refractivity contribution is 6.34. The molecule has 0 saturated carbocycles. The van der Waals surface area contributed by atoms with E-state index in [-0.39, 0.29) is 17.9 Å². The molecule has 190 valence electrons. The fourth-order valence-electron chi connectivity index (χ4n) is 4.70. The number of carbonyl (C=O) groups is 2. The van der Waals surface area contributed by atoms with E-state index in [2.05, 4.69) is 39.5 Å². The van der Waals surface area contributed by atoms with Crippen molar-refractivity contribution < 1.29 is 9.59 Å². The van der Waals surface area contributed by atoms with Crippen molar-refractivity contribution in [3.63, 3.8) is 0 Å². The first-order valence-electron chi connectivity index (χ1n) is 12.2. The number of anilines is 1. The fraction of sp³-hybridized carbons (Fsp3) is 0.129. The second-order valence-corrected chi connectivity index (χ2v) is 10.1. The molecule has 0 spiro atoms. The molecular formula is C31H25Cl2N3O2. The Balaban J connectivity index is 1.39. The molecule has 5 nitrogen and oxygen atoms in total. The molecule has 0 fully saturated rings. The van der Waals surface area contributed by atoms with Crippen LogP contribution >= 0.6 is 23.2 Å². The largest absolute Gasteiger partial charge is 0.350 e. The van der Waals surface area contributed by atoms with Crippen molar-refractivity contribution in [3.8, 4) is 11.1 Å². The summed E-state index contributed by atoms with van der Waals surface area (Å²) in [6, 6.07) is 28.2. The van der Waals surface area contributed by atoms with Crippen molar-refractivity contribution in [1.82, 2.24) is 4.90 Å². The Morgan fingerprint density at radius 1 is 0.974 bits per heavy atom. The lowest BCUT2D eigenvalue weighted by Gasteiger charge is -2.36. The van der Waals surface area contributed by atoms with Gasteiger partial charge >= 0.3 is 0 Å². The van der Waals surface area contributed by atoms with Gasteiger partial charge in [-0.05, 0) is 59.2 Å². The van der Waals surface area contributed by atoms with Crippen molar-refractivity contribution in [3.05, 3.63) is 118 Å². The van der Waals surface area contributed by atoms with Gasteiger partial charge in [0.1, 0.15) is 6.29 Å². The molecule has 4 aromatic rings. The van der Waals surface area contributed by atoms with E-state index >= 15 is 0 Å². The van der Waals surface area contributed by atoms with E-state index < -0.39 is 0 Å². The average molecular weight is 542 g/mol. The van der Waals surface area contributed by atoms with Gasteiger partial charge in [-0.15, -0.1) is 0 Å². The molecule has 1 amide bonds. The molecule has 2 atom stereocenters. The minimum Gasteiger partial charge on any atom is -0.350 e. The van der Waals surface area contributed by atoms with Gasteiger partial charge in [0.2, 0.25) is 0 Å². The summed E-state index contributed by atoms with van der Waals surface area (Å²) in [5.41, 5.74) is 5.86. The van der Waals surface area contributed by atoms with Crippen molar-refractivity contribution in [1.29, 1.82) is 0 Å². The first kappa shape index (κ1) is 25.7. The molecule has 5 rings (SSSR count). The molecule has 0 aliphatic carbocycles. The molecule has 38 heavy (non-hydrogen) atoms. The third-order valence-corrected chi connectivity index (χ3v) is 7.18. The normalized spacial score (nSPS) is 15.0. The Morgan fingerprint density at radius 2 is 1.76 bits per heavy atom. The van der Waals surface area contributed by atoms with Gasteiger partial charge in [-0.1, -0.05) is 78.7 Å². The van der Waals surface area contributed by atoms with Gasteiger partial charge in [0.15, 0.2) is 0 Å². The van der Waals surface area contributed by atoms with Crippen LogP contribution in [0.5, 0.6) is 0 Å². The summed E-state index contributed by atoms with van der Waals surface area (Å²) in [6.07, 6.45) is 2.75. The lowest BCUT2D eigenvalue weighted by molar-refractivity contribution is -0.112. The fourth-order valence-corrected chi connectivity index (χ4v) is 5.11. The number of carbonyl (C=O) groups excluding carboxylic acids is 2. The predicted molar refractivity (Wildman–Crippen MR) is 154 cm³/mol. The summed E-state index contributed by atoms with van der Waals surface area (Å²) in [6.45, 7) is 2.46. The highest BCUT2D eigenvalue weighted by Crippen LogP contribution is 2.39. The van der Waals surface area contributed by atoms with Gasteiger partial charge in [0.05, 0.1) is 28.7 Å². The third kappa shape index (κ3) is 5.49. The van der Waals surface area contributed by atoms with Crippen molar-refractivity contribution in [2.24, 2.45) is 10.9 Å². The zero-order valence-corrected chi connectivity index (χ0v) is 22.2. The first-order valence-corrected chi connectivity index (χ1v) is 13.0. The maximum Gasteiger partial charge on any atom is 0.257 e. The standard InChI is InChI=1S/C31H25Cl2N3O2/c1-20(18-37)30-27-16-25(35-31(38)26-7-2-3-8-28(26)33)13-14-29(27)34-19-36(30)17-21-9-11-22(12-10-21)23-5-4-6-24(32)15-23/h2-16,18-20,30H,17H2,1H3,(H,35,38)/t20-,30-/m1/s1. The minimum atomic E-state index is -0.305. The molecule has 1 heterocycles. The average Bonchev–Trinajstić information content (AvgIpc) is 2.93. The molecule has 7 heteroatoms. The Bertz CT molecular complexity index is 1520.